The van der Waals surface area contributed by atoms with Crippen LogP contribution in [0.15, 0.2) is 16.6 Å². The molecule has 0 unspecified atom stereocenters. The van der Waals surface area contributed by atoms with Crippen LogP contribution in [0.25, 0.3) is 0 Å². The molecule has 1 aromatic rings. The van der Waals surface area contributed by atoms with Crippen molar-refractivity contribution in [2.75, 3.05) is 7.11 Å². The van der Waals surface area contributed by atoms with E-state index in [0.717, 1.165) is 7.11 Å². The zero-order chi connectivity index (χ0) is 12.5. The van der Waals surface area contributed by atoms with Crippen LogP contribution in [0.4, 0.5) is 17.6 Å². The van der Waals surface area contributed by atoms with Crippen molar-refractivity contribution in [3.8, 4) is 0 Å². The molecule has 0 aliphatic heterocycles. The van der Waals surface area contributed by atoms with Crippen LogP contribution in [-0.2, 0) is 10.9 Å². The first kappa shape index (κ1) is 13.0. The van der Waals surface area contributed by atoms with E-state index in [9.17, 15) is 22.4 Å². The third-order valence-electron chi connectivity index (χ3n) is 1.75. The predicted molar refractivity (Wildman–Crippen MR) is 50.4 cm³/mol. The number of rotatable bonds is 1. The number of hydrogen-bond donors (Lipinski definition) is 0. The van der Waals surface area contributed by atoms with E-state index in [1.165, 1.54) is 0 Å². The maximum atomic E-state index is 13.1. The molecule has 0 saturated heterocycles. The first-order valence-electron chi connectivity index (χ1n) is 3.92. The summed E-state index contributed by atoms with van der Waals surface area (Å²) in [5.74, 6) is -2.20. The van der Waals surface area contributed by atoms with Crippen molar-refractivity contribution < 1.29 is 27.1 Å². The van der Waals surface area contributed by atoms with Crippen molar-refractivity contribution in [1.29, 1.82) is 0 Å². The summed E-state index contributed by atoms with van der Waals surface area (Å²) in [7, 11) is 0.996. The van der Waals surface area contributed by atoms with Gasteiger partial charge in [-0.05, 0) is 28.1 Å². The van der Waals surface area contributed by atoms with Crippen LogP contribution in [0.2, 0.25) is 0 Å². The number of carbonyl (C=O) groups is 1. The van der Waals surface area contributed by atoms with Crippen molar-refractivity contribution in [1.82, 2.24) is 0 Å². The van der Waals surface area contributed by atoms with Gasteiger partial charge in [0.05, 0.1) is 22.7 Å². The summed E-state index contributed by atoms with van der Waals surface area (Å²) in [4.78, 5) is 11.0. The van der Waals surface area contributed by atoms with Crippen LogP contribution in [-0.4, -0.2) is 13.1 Å². The Labute approximate surface area is 96.3 Å². The van der Waals surface area contributed by atoms with E-state index in [2.05, 4.69) is 20.7 Å². The summed E-state index contributed by atoms with van der Waals surface area (Å²) in [6.45, 7) is 0. The fraction of sp³-hybridized carbons (Fsp3) is 0.222. The molecule has 0 aromatic heterocycles. The topological polar surface area (TPSA) is 26.3 Å². The minimum Gasteiger partial charge on any atom is -0.465 e. The Kier molecular flexibility index (Phi) is 3.57. The molecule has 0 saturated carbocycles. The molecule has 88 valence electrons. The van der Waals surface area contributed by atoms with Gasteiger partial charge in [0.1, 0.15) is 5.82 Å². The molecule has 0 atom stereocenters. The number of benzene rings is 1. The minimum atomic E-state index is -4.75. The third kappa shape index (κ3) is 2.52. The van der Waals surface area contributed by atoms with Gasteiger partial charge in [-0.3, -0.25) is 0 Å². The lowest BCUT2D eigenvalue weighted by Crippen LogP contribution is -2.11. The molecule has 0 bridgehead atoms. The van der Waals surface area contributed by atoms with Crippen LogP contribution in [0.1, 0.15) is 15.9 Å². The highest BCUT2D eigenvalue weighted by atomic mass is 79.9. The Hall–Kier alpha value is -1.11. The van der Waals surface area contributed by atoms with Crippen LogP contribution < -0.4 is 0 Å². The Balaban J connectivity index is 3.39. The summed E-state index contributed by atoms with van der Waals surface area (Å²) in [5.41, 5.74) is -1.75. The number of esters is 1. The second-order valence-corrected chi connectivity index (χ2v) is 3.60. The smallest absolute Gasteiger partial charge is 0.417 e. The first-order valence-corrected chi connectivity index (χ1v) is 4.71. The van der Waals surface area contributed by atoms with Gasteiger partial charge in [0, 0.05) is 0 Å². The standard InChI is InChI=1S/C9H5BrF4O2/c1-16-8(15)4-2-5(9(12,13)14)7(10)6(11)3-4/h2-3H,1H3. The average molecular weight is 301 g/mol. The molecule has 0 aliphatic rings. The lowest BCUT2D eigenvalue weighted by molar-refractivity contribution is -0.138. The summed E-state index contributed by atoms with van der Waals surface area (Å²) < 4.78 is 53.9. The third-order valence-corrected chi connectivity index (χ3v) is 2.56. The van der Waals surface area contributed by atoms with Crippen LogP contribution in [0.3, 0.4) is 0 Å². The van der Waals surface area contributed by atoms with Gasteiger partial charge in [-0.15, -0.1) is 0 Å². The normalized spacial score (nSPS) is 11.4. The van der Waals surface area contributed by atoms with E-state index >= 15 is 0 Å². The zero-order valence-electron chi connectivity index (χ0n) is 7.86. The van der Waals surface area contributed by atoms with E-state index in [-0.39, 0.29) is 0 Å². The van der Waals surface area contributed by atoms with E-state index < -0.39 is 33.6 Å². The lowest BCUT2D eigenvalue weighted by Gasteiger charge is -2.11. The summed E-state index contributed by atoms with van der Waals surface area (Å²) >= 11 is 2.47. The number of carbonyl (C=O) groups excluding carboxylic acids is 1. The quantitative estimate of drug-likeness (QED) is 0.587. The molecule has 1 rings (SSSR count). The maximum Gasteiger partial charge on any atom is 0.417 e. The highest BCUT2D eigenvalue weighted by Crippen LogP contribution is 2.36. The van der Waals surface area contributed by atoms with Gasteiger partial charge in [0.2, 0.25) is 0 Å². The van der Waals surface area contributed by atoms with E-state index in [1.807, 2.05) is 0 Å². The predicted octanol–water partition coefficient (Wildman–Crippen LogP) is 3.39. The number of halogens is 5. The fourth-order valence-corrected chi connectivity index (χ4v) is 1.48. The molecule has 16 heavy (non-hydrogen) atoms. The van der Waals surface area contributed by atoms with Gasteiger partial charge in [-0.25, -0.2) is 9.18 Å². The average Bonchev–Trinajstić information content (AvgIpc) is 2.18. The van der Waals surface area contributed by atoms with Gasteiger partial charge in [0.25, 0.3) is 0 Å². The van der Waals surface area contributed by atoms with Gasteiger partial charge in [0.15, 0.2) is 0 Å². The van der Waals surface area contributed by atoms with Gasteiger partial charge >= 0.3 is 12.1 Å². The number of alkyl halides is 3. The maximum absolute atomic E-state index is 13.1. The van der Waals surface area contributed by atoms with Crippen LogP contribution in [0, 0.1) is 5.82 Å². The van der Waals surface area contributed by atoms with Crippen molar-refractivity contribution in [2.45, 2.75) is 6.18 Å². The Morgan fingerprint density at radius 3 is 2.38 bits per heavy atom. The van der Waals surface area contributed by atoms with E-state index in [4.69, 9.17) is 0 Å². The van der Waals surface area contributed by atoms with E-state index in [0.29, 0.717) is 12.1 Å². The summed E-state index contributed by atoms with van der Waals surface area (Å²) in [6.07, 6.45) is -4.75. The molecule has 0 fully saturated rings. The number of methoxy groups -OCH3 is 1. The number of hydrogen-bond acceptors (Lipinski definition) is 2. The first-order chi connectivity index (χ1) is 7.27. The fourth-order valence-electron chi connectivity index (χ4n) is 1.03. The van der Waals surface area contributed by atoms with Gasteiger partial charge < -0.3 is 4.74 Å². The van der Waals surface area contributed by atoms with Crippen LogP contribution >= 0.6 is 15.9 Å². The molecular formula is C9H5BrF4O2. The monoisotopic (exact) mass is 300 g/mol. The SMILES string of the molecule is COC(=O)c1cc(F)c(Br)c(C(F)(F)F)c1. The molecule has 0 amide bonds. The summed E-state index contributed by atoms with van der Waals surface area (Å²) in [5, 5.41) is 0. The summed E-state index contributed by atoms with van der Waals surface area (Å²) in [6, 6.07) is 1.20. The Bertz CT molecular complexity index is 428. The molecule has 7 heteroatoms. The van der Waals surface area contributed by atoms with Crippen molar-refractivity contribution in [2.24, 2.45) is 0 Å². The zero-order valence-corrected chi connectivity index (χ0v) is 9.45. The Morgan fingerprint density at radius 2 is 1.94 bits per heavy atom. The molecule has 2 nitrogen and oxygen atoms in total. The van der Waals surface area contributed by atoms with Crippen molar-refractivity contribution >= 4 is 21.9 Å². The van der Waals surface area contributed by atoms with E-state index in [1.54, 1.807) is 0 Å². The Morgan fingerprint density at radius 1 is 1.38 bits per heavy atom. The molecule has 0 radical (unpaired) electrons. The van der Waals surface area contributed by atoms with Crippen LogP contribution in [0.5, 0.6) is 0 Å². The molecule has 0 heterocycles. The van der Waals surface area contributed by atoms with Crippen molar-refractivity contribution in [3.05, 3.63) is 33.5 Å². The molecule has 0 aliphatic carbocycles. The highest BCUT2D eigenvalue weighted by Gasteiger charge is 2.35. The second kappa shape index (κ2) is 4.40. The minimum absolute atomic E-state index is 0.490. The molecule has 1 aromatic carbocycles. The molecule has 0 N–H and O–H groups in total. The largest absolute Gasteiger partial charge is 0.465 e. The lowest BCUT2D eigenvalue weighted by atomic mass is 10.1. The van der Waals surface area contributed by atoms with Gasteiger partial charge in [-0.1, -0.05) is 0 Å². The molecule has 0 spiro atoms. The van der Waals surface area contributed by atoms with Gasteiger partial charge in [-0.2, -0.15) is 13.2 Å². The van der Waals surface area contributed by atoms with Crippen molar-refractivity contribution in [3.63, 3.8) is 0 Å². The highest BCUT2D eigenvalue weighted by molar-refractivity contribution is 9.10. The number of ether oxygens (including phenoxy) is 1. The second-order valence-electron chi connectivity index (χ2n) is 2.81. The molecular weight excluding hydrogens is 296 g/mol.